The molecule has 0 saturated heterocycles. The number of carboxylic acids is 1. The van der Waals surface area contributed by atoms with Crippen molar-refractivity contribution in [2.45, 2.75) is 38.1 Å². The first-order valence-corrected chi connectivity index (χ1v) is 8.28. The lowest BCUT2D eigenvalue weighted by molar-refractivity contribution is -0.138. The Labute approximate surface area is 118 Å². The van der Waals surface area contributed by atoms with E-state index >= 15 is 0 Å². The third-order valence-corrected chi connectivity index (χ3v) is 4.07. The van der Waals surface area contributed by atoms with Crippen LogP contribution in [0.1, 0.15) is 32.1 Å². The largest absolute Gasteiger partial charge is 0.480 e. The van der Waals surface area contributed by atoms with Crippen LogP contribution >= 0.6 is 0 Å². The number of carbonyl (C=O) groups excluding carboxylic acids is 1. The van der Waals surface area contributed by atoms with E-state index in [1.165, 1.54) is 4.90 Å². The molecule has 1 fully saturated rings. The molecule has 116 valence electrons. The van der Waals surface area contributed by atoms with Crippen LogP contribution in [-0.4, -0.2) is 55.3 Å². The van der Waals surface area contributed by atoms with Gasteiger partial charge in [0.25, 0.3) is 0 Å². The van der Waals surface area contributed by atoms with E-state index in [9.17, 15) is 18.0 Å². The molecule has 1 saturated carbocycles. The van der Waals surface area contributed by atoms with Crippen molar-refractivity contribution in [2.24, 2.45) is 5.14 Å². The van der Waals surface area contributed by atoms with E-state index in [0.717, 1.165) is 25.7 Å². The van der Waals surface area contributed by atoms with Crippen molar-refractivity contribution in [2.75, 3.05) is 18.8 Å². The molecule has 0 radical (unpaired) electrons. The predicted octanol–water partition coefficient (Wildman–Crippen LogP) is -0.296. The van der Waals surface area contributed by atoms with Gasteiger partial charge in [0, 0.05) is 12.6 Å². The van der Waals surface area contributed by atoms with Gasteiger partial charge in [0.1, 0.15) is 6.54 Å². The first-order chi connectivity index (χ1) is 9.29. The highest BCUT2D eigenvalue weighted by Crippen LogP contribution is 2.23. The third kappa shape index (κ3) is 6.20. The number of nitrogens with two attached hydrogens (primary N) is 1. The lowest BCUT2D eigenvalue weighted by Crippen LogP contribution is -2.48. The second-order valence-corrected chi connectivity index (χ2v) is 6.65. The molecule has 1 rings (SSSR count). The van der Waals surface area contributed by atoms with Gasteiger partial charge < -0.3 is 15.3 Å². The number of hydrogen-bond acceptors (Lipinski definition) is 4. The Morgan fingerprint density at radius 3 is 2.40 bits per heavy atom. The van der Waals surface area contributed by atoms with Crippen LogP contribution in [0.2, 0.25) is 0 Å². The summed E-state index contributed by atoms with van der Waals surface area (Å²) < 4.78 is 21.5. The van der Waals surface area contributed by atoms with Crippen LogP contribution in [-0.2, 0) is 14.8 Å². The van der Waals surface area contributed by atoms with E-state index in [2.05, 4.69) is 5.32 Å². The van der Waals surface area contributed by atoms with Gasteiger partial charge in [-0.3, -0.25) is 4.79 Å². The highest BCUT2D eigenvalue weighted by Gasteiger charge is 2.28. The van der Waals surface area contributed by atoms with Gasteiger partial charge in [-0.25, -0.2) is 18.4 Å². The summed E-state index contributed by atoms with van der Waals surface area (Å²) in [5, 5.41) is 16.2. The lowest BCUT2D eigenvalue weighted by Gasteiger charge is -2.27. The maximum Gasteiger partial charge on any atom is 0.323 e. The fraction of sp³-hybridized carbons (Fsp3) is 0.818. The second-order valence-electron chi connectivity index (χ2n) is 4.91. The van der Waals surface area contributed by atoms with E-state index in [1.807, 2.05) is 0 Å². The summed E-state index contributed by atoms with van der Waals surface area (Å²) in [4.78, 5) is 24.1. The molecule has 0 spiro atoms. The molecule has 2 amide bonds. The molecule has 0 aromatic heterocycles. The quantitative estimate of drug-likeness (QED) is 0.556. The van der Waals surface area contributed by atoms with Crippen LogP contribution in [0.3, 0.4) is 0 Å². The van der Waals surface area contributed by atoms with E-state index < -0.39 is 22.0 Å². The minimum Gasteiger partial charge on any atom is -0.480 e. The molecule has 0 atom stereocenters. The number of nitrogens with zero attached hydrogens (tertiary/aromatic N) is 1. The molecular weight excluding hydrogens is 286 g/mol. The van der Waals surface area contributed by atoms with Gasteiger partial charge in [-0.05, 0) is 19.3 Å². The number of hydrogen-bond donors (Lipinski definition) is 3. The molecule has 9 heteroatoms. The minimum absolute atomic E-state index is 0.0515. The predicted molar refractivity (Wildman–Crippen MR) is 72.6 cm³/mol. The highest BCUT2D eigenvalue weighted by atomic mass is 32.2. The zero-order valence-corrected chi connectivity index (χ0v) is 12.1. The molecule has 1 aliphatic rings. The van der Waals surface area contributed by atoms with E-state index in [0.29, 0.717) is 0 Å². The molecule has 0 heterocycles. The Kier molecular flexibility index (Phi) is 6.21. The average Bonchev–Trinajstić information content (AvgIpc) is 2.83. The van der Waals surface area contributed by atoms with Crippen molar-refractivity contribution in [3.8, 4) is 0 Å². The number of carbonyl (C=O) groups is 2. The Morgan fingerprint density at radius 2 is 1.90 bits per heavy atom. The number of urea groups is 1. The van der Waals surface area contributed by atoms with E-state index in [4.69, 9.17) is 10.2 Å². The van der Waals surface area contributed by atoms with E-state index in [-0.39, 0.29) is 31.3 Å². The SMILES string of the molecule is NS(=O)(=O)CCCNC(=O)N(CC(=O)O)C1CCCC1. The number of primary sulfonamides is 1. The topological polar surface area (TPSA) is 130 Å². The molecule has 0 aromatic rings. The Bertz CT molecular complexity index is 445. The van der Waals surface area contributed by atoms with Gasteiger partial charge in [0.15, 0.2) is 0 Å². The first kappa shape index (κ1) is 16.7. The van der Waals surface area contributed by atoms with Crippen LogP contribution in [0.25, 0.3) is 0 Å². The maximum absolute atomic E-state index is 12.0. The molecule has 20 heavy (non-hydrogen) atoms. The Hall–Kier alpha value is -1.35. The van der Waals surface area contributed by atoms with Crippen molar-refractivity contribution in [1.29, 1.82) is 0 Å². The van der Waals surface area contributed by atoms with Crippen molar-refractivity contribution < 1.29 is 23.1 Å². The summed E-state index contributed by atoms with van der Waals surface area (Å²) in [6, 6.07) is -0.516. The average molecular weight is 307 g/mol. The van der Waals surface area contributed by atoms with Crippen LogP contribution in [0, 0.1) is 0 Å². The molecular formula is C11H21N3O5S. The molecule has 1 aliphatic carbocycles. The molecule has 4 N–H and O–H groups in total. The molecule has 0 bridgehead atoms. The number of nitrogens with one attached hydrogen (secondary N) is 1. The monoisotopic (exact) mass is 307 g/mol. The van der Waals surface area contributed by atoms with Gasteiger partial charge in [0.2, 0.25) is 10.0 Å². The molecule has 0 aromatic carbocycles. The summed E-state index contributed by atoms with van der Waals surface area (Å²) >= 11 is 0. The summed E-state index contributed by atoms with van der Waals surface area (Å²) in [7, 11) is -3.54. The third-order valence-electron chi connectivity index (χ3n) is 3.21. The second kappa shape index (κ2) is 7.44. The summed E-state index contributed by atoms with van der Waals surface area (Å²) in [6.07, 6.45) is 3.78. The lowest BCUT2D eigenvalue weighted by atomic mass is 10.2. The van der Waals surface area contributed by atoms with Crippen molar-refractivity contribution in [1.82, 2.24) is 10.2 Å². The standard InChI is InChI=1S/C11H21N3O5S/c12-20(18,19)7-3-6-13-11(17)14(8-10(15)16)9-4-1-2-5-9/h9H,1-8H2,(H,13,17)(H,15,16)(H2,12,18,19). The smallest absolute Gasteiger partial charge is 0.323 e. The summed E-state index contributed by atoms with van der Waals surface area (Å²) in [6.45, 7) is -0.191. The highest BCUT2D eigenvalue weighted by molar-refractivity contribution is 7.89. The molecule has 0 unspecified atom stereocenters. The zero-order chi connectivity index (χ0) is 15.2. The van der Waals surface area contributed by atoms with Crippen LogP contribution < -0.4 is 10.5 Å². The van der Waals surface area contributed by atoms with Crippen molar-refractivity contribution in [3.05, 3.63) is 0 Å². The summed E-state index contributed by atoms with van der Waals surface area (Å²) in [5.74, 6) is -1.27. The molecule has 8 nitrogen and oxygen atoms in total. The molecule has 0 aliphatic heterocycles. The fourth-order valence-corrected chi connectivity index (χ4v) is 2.85. The van der Waals surface area contributed by atoms with Crippen molar-refractivity contribution >= 4 is 22.0 Å². The Balaban J connectivity index is 2.44. The maximum atomic E-state index is 12.0. The normalized spacial score (nSPS) is 16.1. The van der Waals surface area contributed by atoms with Crippen LogP contribution in [0.5, 0.6) is 0 Å². The van der Waals surface area contributed by atoms with Gasteiger partial charge >= 0.3 is 12.0 Å². The van der Waals surface area contributed by atoms with Crippen LogP contribution in [0.4, 0.5) is 4.79 Å². The minimum atomic E-state index is -3.54. The number of carboxylic acid groups (broad SMARTS) is 1. The first-order valence-electron chi connectivity index (χ1n) is 6.56. The number of rotatable bonds is 7. The number of amides is 2. The fourth-order valence-electron chi connectivity index (χ4n) is 2.30. The van der Waals surface area contributed by atoms with Crippen LogP contribution in [0.15, 0.2) is 0 Å². The zero-order valence-electron chi connectivity index (χ0n) is 11.2. The van der Waals surface area contributed by atoms with Gasteiger partial charge in [-0.15, -0.1) is 0 Å². The number of sulfonamides is 1. The number of aliphatic carboxylic acids is 1. The van der Waals surface area contributed by atoms with Crippen molar-refractivity contribution in [3.63, 3.8) is 0 Å². The summed E-state index contributed by atoms with van der Waals surface area (Å²) in [5.41, 5.74) is 0. The van der Waals surface area contributed by atoms with Gasteiger partial charge in [0.05, 0.1) is 5.75 Å². The van der Waals surface area contributed by atoms with Gasteiger partial charge in [-0.1, -0.05) is 12.8 Å². The Morgan fingerprint density at radius 1 is 1.30 bits per heavy atom. The van der Waals surface area contributed by atoms with E-state index in [1.54, 1.807) is 0 Å². The van der Waals surface area contributed by atoms with Gasteiger partial charge in [-0.2, -0.15) is 0 Å².